The Morgan fingerprint density at radius 3 is 2.45 bits per heavy atom. The predicted molar refractivity (Wildman–Crippen MR) is 80.9 cm³/mol. The lowest BCUT2D eigenvalue weighted by Crippen LogP contribution is -2.46. The molecular formula is C15H24FN3O. The van der Waals surface area contributed by atoms with Gasteiger partial charge >= 0.3 is 0 Å². The summed E-state index contributed by atoms with van der Waals surface area (Å²) in [6.45, 7) is 10.8. The van der Waals surface area contributed by atoms with Gasteiger partial charge in [-0.1, -0.05) is 6.92 Å². The monoisotopic (exact) mass is 281 g/mol. The fraction of sp³-hybridized carbons (Fsp3) is 0.600. The van der Waals surface area contributed by atoms with Crippen molar-refractivity contribution in [1.82, 2.24) is 4.90 Å². The molecule has 1 aromatic rings. The average Bonchev–Trinajstić information content (AvgIpc) is 2.41. The SMILES string of the molecule is CCN1CCN(c2cc(OC(C)C)c(F)cc2N)CC1. The highest BCUT2D eigenvalue weighted by Crippen LogP contribution is 2.32. The summed E-state index contributed by atoms with van der Waals surface area (Å²) in [6.07, 6.45) is -0.0575. The molecule has 1 aliphatic rings. The number of hydrogen-bond donors (Lipinski definition) is 1. The summed E-state index contributed by atoms with van der Waals surface area (Å²) in [7, 11) is 0. The van der Waals surface area contributed by atoms with Crippen molar-refractivity contribution < 1.29 is 9.13 Å². The van der Waals surface area contributed by atoms with E-state index in [4.69, 9.17) is 10.5 Å². The van der Waals surface area contributed by atoms with Crippen LogP contribution >= 0.6 is 0 Å². The predicted octanol–water partition coefficient (Wildman–Crippen LogP) is 2.34. The van der Waals surface area contributed by atoms with Crippen LogP contribution in [0.1, 0.15) is 20.8 Å². The lowest BCUT2D eigenvalue weighted by Gasteiger charge is -2.36. The Morgan fingerprint density at radius 1 is 1.25 bits per heavy atom. The molecule has 1 fully saturated rings. The molecule has 1 aromatic carbocycles. The van der Waals surface area contributed by atoms with Crippen molar-refractivity contribution >= 4 is 11.4 Å². The number of nitrogens with two attached hydrogens (primary N) is 1. The molecule has 5 heteroatoms. The molecule has 2 rings (SSSR count). The summed E-state index contributed by atoms with van der Waals surface area (Å²) in [5, 5.41) is 0. The first-order valence-corrected chi connectivity index (χ1v) is 7.24. The van der Waals surface area contributed by atoms with E-state index in [1.54, 1.807) is 6.07 Å². The van der Waals surface area contributed by atoms with Crippen LogP contribution < -0.4 is 15.4 Å². The second-order valence-electron chi connectivity index (χ2n) is 5.43. The van der Waals surface area contributed by atoms with E-state index >= 15 is 0 Å². The van der Waals surface area contributed by atoms with Gasteiger partial charge in [0.2, 0.25) is 0 Å². The Hall–Kier alpha value is -1.49. The maximum absolute atomic E-state index is 13.8. The van der Waals surface area contributed by atoms with Gasteiger partial charge in [-0.3, -0.25) is 0 Å². The molecule has 2 N–H and O–H groups in total. The zero-order valence-electron chi connectivity index (χ0n) is 12.5. The Balaban J connectivity index is 2.19. The summed E-state index contributed by atoms with van der Waals surface area (Å²) in [6, 6.07) is 3.09. The van der Waals surface area contributed by atoms with Crippen molar-refractivity contribution in [3.05, 3.63) is 17.9 Å². The number of nitrogen functional groups attached to an aromatic ring is 1. The highest BCUT2D eigenvalue weighted by Gasteiger charge is 2.20. The molecule has 0 amide bonds. The van der Waals surface area contributed by atoms with Crippen molar-refractivity contribution in [3.8, 4) is 5.75 Å². The molecule has 1 heterocycles. The van der Waals surface area contributed by atoms with Gasteiger partial charge in [-0.2, -0.15) is 0 Å². The number of benzene rings is 1. The van der Waals surface area contributed by atoms with Crippen molar-refractivity contribution in [2.24, 2.45) is 0 Å². The lowest BCUT2D eigenvalue weighted by atomic mass is 10.2. The summed E-state index contributed by atoms with van der Waals surface area (Å²) >= 11 is 0. The van der Waals surface area contributed by atoms with Gasteiger partial charge in [0.15, 0.2) is 11.6 Å². The van der Waals surface area contributed by atoms with Crippen molar-refractivity contribution in [3.63, 3.8) is 0 Å². The summed E-state index contributed by atoms with van der Waals surface area (Å²) < 4.78 is 19.3. The van der Waals surface area contributed by atoms with E-state index in [2.05, 4.69) is 16.7 Å². The molecule has 0 bridgehead atoms. The van der Waals surface area contributed by atoms with Crippen LogP contribution in [0.25, 0.3) is 0 Å². The van der Waals surface area contributed by atoms with Crippen LogP contribution in [0, 0.1) is 5.82 Å². The number of anilines is 2. The topological polar surface area (TPSA) is 41.7 Å². The molecule has 20 heavy (non-hydrogen) atoms. The van der Waals surface area contributed by atoms with Crippen molar-refractivity contribution in [2.45, 2.75) is 26.9 Å². The first kappa shape index (κ1) is 14.9. The molecule has 0 unspecified atom stereocenters. The molecular weight excluding hydrogens is 257 g/mol. The summed E-state index contributed by atoms with van der Waals surface area (Å²) in [5.41, 5.74) is 7.32. The molecule has 1 aliphatic heterocycles. The summed E-state index contributed by atoms with van der Waals surface area (Å²) in [5.74, 6) is -0.116. The van der Waals surface area contributed by atoms with Crippen molar-refractivity contribution in [1.29, 1.82) is 0 Å². The minimum atomic E-state index is -0.396. The fourth-order valence-electron chi connectivity index (χ4n) is 2.48. The minimum absolute atomic E-state index is 0.0575. The molecule has 0 aliphatic carbocycles. The van der Waals surface area contributed by atoms with Gasteiger partial charge in [0.1, 0.15) is 0 Å². The maximum atomic E-state index is 13.8. The van der Waals surface area contributed by atoms with Crippen LogP contribution in [0.3, 0.4) is 0 Å². The van der Waals surface area contributed by atoms with Crippen LogP contribution in [0.15, 0.2) is 12.1 Å². The largest absolute Gasteiger partial charge is 0.488 e. The zero-order valence-corrected chi connectivity index (χ0v) is 12.5. The molecule has 0 radical (unpaired) electrons. The van der Waals surface area contributed by atoms with Crippen LogP contribution in [-0.4, -0.2) is 43.7 Å². The Bertz CT molecular complexity index is 457. The van der Waals surface area contributed by atoms with E-state index in [-0.39, 0.29) is 11.9 Å². The van der Waals surface area contributed by atoms with Crippen molar-refractivity contribution in [2.75, 3.05) is 43.4 Å². The quantitative estimate of drug-likeness (QED) is 0.860. The normalized spacial score (nSPS) is 16.8. The van der Waals surface area contributed by atoms with Crippen LogP contribution in [0.4, 0.5) is 15.8 Å². The number of halogens is 1. The van der Waals surface area contributed by atoms with Gasteiger partial charge in [-0.25, -0.2) is 4.39 Å². The minimum Gasteiger partial charge on any atom is -0.488 e. The number of nitrogens with zero attached hydrogens (tertiary/aromatic N) is 2. The Labute approximate surface area is 120 Å². The third kappa shape index (κ3) is 3.33. The second kappa shape index (κ2) is 6.31. The highest BCUT2D eigenvalue weighted by molar-refractivity contribution is 5.70. The fourth-order valence-corrected chi connectivity index (χ4v) is 2.48. The first-order chi connectivity index (χ1) is 9.51. The van der Waals surface area contributed by atoms with E-state index in [1.165, 1.54) is 6.07 Å². The number of likely N-dealkylation sites (N-methyl/N-ethyl adjacent to an activating group) is 1. The van der Waals surface area contributed by atoms with Gasteiger partial charge in [0.25, 0.3) is 0 Å². The Kier molecular flexibility index (Phi) is 4.70. The van der Waals surface area contributed by atoms with E-state index in [0.29, 0.717) is 5.69 Å². The van der Waals surface area contributed by atoms with Gasteiger partial charge in [0, 0.05) is 38.3 Å². The second-order valence-corrected chi connectivity index (χ2v) is 5.43. The third-order valence-corrected chi connectivity index (χ3v) is 3.60. The van der Waals surface area contributed by atoms with E-state index in [0.717, 1.165) is 38.4 Å². The summed E-state index contributed by atoms with van der Waals surface area (Å²) in [4.78, 5) is 4.59. The van der Waals surface area contributed by atoms with E-state index < -0.39 is 5.82 Å². The number of rotatable bonds is 4. The van der Waals surface area contributed by atoms with Gasteiger partial charge < -0.3 is 20.3 Å². The number of ether oxygens (including phenoxy) is 1. The molecule has 0 saturated carbocycles. The molecule has 0 spiro atoms. The van der Waals surface area contributed by atoms with Gasteiger partial charge in [-0.05, 0) is 20.4 Å². The number of hydrogen-bond acceptors (Lipinski definition) is 4. The first-order valence-electron chi connectivity index (χ1n) is 7.24. The molecule has 4 nitrogen and oxygen atoms in total. The molecule has 0 aromatic heterocycles. The van der Waals surface area contributed by atoms with Crippen LogP contribution in [0.2, 0.25) is 0 Å². The smallest absolute Gasteiger partial charge is 0.167 e. The van der Waals surface area contributed by atoms with E-state index in [1.807, 2.05) is 13.8 Å². The number of piperazine rings is 1. The third-order valence-electron chi connectivity index (χ3n) is 3.60. The maximum Gasteiger partial charge on any atom is 0.167 e. The van der Waals surface area contributed by atoms with Crippen LogP contribution in [0.5, 0.6) is 5.75 Å². The standard InChI is InChI=1S/C15H24FN3O/c1-4-18-5-7-19(8-6-18)14-10-15(20-11(2)3)12(16)9-13(14)17/h9-11H,4-8,17H2,1-3H3. The van der Waals surface area contributed by atoms with Gasteiger partial charge in [-0.15, -0.1) is 0 Å². The van der Waals surface area contributed by atoms with Crippen LogP contribution in [-0.2, 0) is 0 Å². The van der Waals surface area contributed by atoms with E-state index in [9.17, 15) is 4.39 Å². The zero-order chi connectivity index (χ0) is 14.7. The average molecular weight is 281 g/mol. The highest BCUT2D eigenvalue weighted by atomic mass is 19.1. The molecule has 112 valence electrons. The lowest BCUT2D eigenvalue weighted by molar-refractivity contribution is 0.231. The Morgan fingerprint density at radius 2 is 1.90 bits per heavy atom. The molecule has 1 saturated heterocycles. The van der Waals surface area contributed by atoms with Gasteiger partial charge in [0.05, 0.1) is 17.5 Å². The molecule has 0 atom stereocenters.